The predicted molar refractivity (Wildman–Crippen MR) is 133 cm³/mol. The van der Waals surface area contributed by atoms with Crippen LogP contribution in [-0.4, -0.2) is 58.4 Å². The fourth-order valence-electron chi connectivity index (χ4n) is 4.68. The number of hydrogen-bond donors (Lipinski definition) is 3. The molecule has 2 fully saturated rings. The molecule has 188 valence electrons. The van der Waals surface area contributed by atoms with Crippen molar-refractivity contribution in [2.24, 2.45) is 5.92 Å². The number of ether oxygens (including phenoxy) is 1. The van der Waals surface area contributed by atoms with Gasteiger partial charge in [0, 0.05) is 24.7 Å². The largest absolute Gasteiger partial charge is 0.447 e. The standard InChI is InChI=1S/C24H25ClN6O5/c25-14-3-8-18(27-11-14)29-24(34)22-21(20-16(36-22)6-7-17(26)28-20)30-23(33)13-1-4-15(5-2-13)31-9-10-35-12-19(31)32/h3,6-8,11,13,15H,1-2,4-5,9-10,12H2,(H2,26,28)(H,30,33)(H,27,29,34). The third-order valence-electron chi connectivity index (χ3n) is 6.51. The molecule has 3 amide bonds. The molecule has 3 aromatic rings. The van der Waals surface area contributed by atoms with Gasteiger partial charge in [-0.2, -0.15) is 0 Å². The quantitative estimate of drug-likeness (QED) is 0.471. The number of carbonyl (C=O) groups excluding carboxylic acids is 3. The van der Waals surface area contributed by atoms with E-state index in [1.165, 1.54) is 6.20 Å². The second-order valence-electron chi connectivity index (χ2n) is 8.84. The number of nitrogen functional groups attached to an aromatic ring is 1. The molecule has 1 aliphatic carbocycles. The van der Waals surface area contributed by atoms with Crippen LogP contribution < -0.4 is 16.4 Å². The molecule has 1 saturated carbocycles. The summed E-state index contributed by atoms with van der Waals surface area (Å²) in [5.74, 6) is -0.753. The van der Waals surface area contributed by atoms with Gasteiger partial charge in [-0.1, -0.05) is 11.6 Å². The third kappa shape index (κ3) is 4.98. The van der Waals surface area contributed by atoms with Crippen molar-refractivity contribution in [2.75, 3.05) is 36.1 Å². The molecule has 0 atom stereocenters. The molecular formula is C24H25ClN6O5. The third-order valence-corrected chi connectivity index (χ3v) is 6.73. The van der Waals surface area contributed by atoms with E-state index in [-0.39, 0.29) is 59.0 Å². The molecule has 12 heteroatoms. The highest BCUT2D eigenvalue weighted by molar-refractivity contribution is 6.30. The number of anilines is 3. The number of amides is 3. The maximum atomic E-state index is 13.2. The van der Waals surface area contributed by atoms with Gasteiger partial charge in [0.25, 0.3) is 5.91 Å². The van der Waals surface area contributed by atoms with Crippen molar-refractivity contribution < 1.29 is 23.5 Å². The minimum absolute atomic E-state index is 0.00601. The molecule has 1 saturated heterocycles. The SMILES string of the molecule is Nc1ccc2oc(C(=O)Nc3ccc(Cl)cn3)c(NC(=O)C3CCC(N4CCOCC4=O)CC3)c2n1. The zero-order valence-corrected chi connectivity index (χ0v) is 20.1. The van der Waals surface area contributed by atoms with Gasteiger partial charge in [-0.05, 0) is 49.9 Å². The molecule has 3 aromatic heterocycles. The monoisotopic (exact) mass is 512 g/mol. The second kappa shape index (κ2) is 10.1. The Morgan fingerprint density at radius 1 is 1.11 bits per heavy atom. The summed E-state index contributed by atoms with van der Waals surface area (Å²) in [4.78, 5) is 48.7. The first-order valence-corrected chi connectivity index (χ1v) is 12.1. The Morgan fingerprint density at radius 3 is 2.64 bits per heavy atom. The van der Waals surface area contributed by atoms with Crippen LogP contribution in [0.5, 0.6) is 0 Å². The molecule has 0 unspecified atom stereocenters. The predicted octanol–water partition coefficient (Wildman–Crippen LogP) is 3.07. The van der Waals surface area contributed by atoms with E-state index in [0.29, 0.717) is 36.6 Å². The summed E-state index contributed by atoms with van der Waals surface area (Å²) in [6.07, 6.45) is 4.07. The van der Waals surface area contributed by atoms with Crippen molar-refractivity contribution >= 4 is 57.7 Å². The van der Waals surface area contributed by atoms with Gasteiger partial charge in [-0.3, -0.25) is 14.4 Å². The molecule has 4 N–H and O–H groups in total. The Morgan fingerprint density at radius 2 is 1.92 bits per heavy atom. The summed E-state index contributed by atoms with van der Waals surface area (Å²) < 4.78 is 11.0. The number of nitrogens with two attached hydrogens (primary N) is 1. The number of halogens is 1. The summed E-state index contributed by atoms with van der Waals surface area (Å²) in [5.41, 5.74) is 6.60. The maximum absolute atomic E-state index is 13.2. The Kier molecular flexibility index (Phi) is 6.75. The first-order chi connectivity index (χ1) is 17.4. The molecular weight excluding hydrogens is 488 g/mol. The Labute approximate surface area is 211 Å². The first kappa shape index (κ1) is 24.0. The number of nitrogens with zero attached hydrogens (tertiary/aromatic N) is 3. The van der Waals surface area contributed by atoms with Crippen LogP contribution in [0.15, 0.2) is 34.9 Å². The molecule has 36 heavy (non-hydrogen) atoms. The number of rotatable bonds is 5. The molecule has 1 aliphatic heterocycles. The molecule has 5 rings (SSSR count). The van der Waals surface area contributed by atoms with E-state index in [0.717, 1.165) is 12.8 Å². The van der Waals surface area contributed by atoms with Gasteiger partial charge in [-0.15, -0.1) is 0 Å². The maximum Gasteiger partial charge on any atom is 0.294 e. The average Bonchev–Trinajstić information content (AvgIpc) is 3.23. The van der Waals surface area contributed by atoms with E-state index in [2.05, 4.69) is 20.6 Å². The summed E-state index contributed by atoms with van der Waals surface area (Å²) in [6.45, 7) is 1.22. The highest BCUT2D eigenvalue weighted by Gasteiger charge is 2.34. The number of nitrogens with one attached hydrogen (secondary N) is 2. The van der Waals surface area contributed by atoms with E-state index in [4.69, 9.17) is 26.5 Å². The molecule has 2 aliphatic rings. The molecule has 0 aromatic carbocycles. The number of hydrogen-bond acceptors (Lipinski definition) is 8. The number of aromatic nitrogens is 2. The van der Waals surface area contributed by atoms with E-state index in [1.54, 1.807) is 24.3 Å². The minimum atomic E-state index is -0.605. The normalized spacial score (nSPS) is 20.4. The van der Waals surface area contributed by atoms with Crippen molar-refractivity contribution in [3.63, 3.8) is 0 Å². The van der Waals surface area contributed by atoms with Crippen LogP contribution in [0, 0.1) is 5.92 Å². The van der Waals surface area contributed by atoms with Crippen LogP contribution >= 0.6 is 11.6 Å². The van der Waals surface area contributed by atoms with Gasteiger partial charge in [-0.25, -0.2) is 9.97 Å². The van der Waals surface area contributed by atoms with Crippen molar-refractivity contribution in [3.8, 4) is 0 Å². The second-order valence-corrected chi connectivity index (χ2v) is 9.28. The fraction of sp³-hybridized carbons (Fsp3) is 0.375. The summed E-state index contributed by atoms with van der Waals surface area (Å²) in [7, 11) is 0. The lowest BCUT2D eigenvalue weighted by Gasteiger charge is -2.38. The van der Waals surface area contributed by atoms with Gasteiger partial charge in [0.2, 0.25) is 17.6 Å². The topological polar surface area (TPSA) is 153 Å². The van der Waals surface area contributed by atoms with Crippen molar-refractivity contribution in [1.82, 2.24) is 14.9 Å². The van der Waals surface area contributed by atoms with Gasteiger partial charge in [0.15, 0.2) is 5.58 Å². The van der Waals surface area contributed by atoms with Crippen molar-refractivity contribution in [1.29, 1.82) is 0 Å². The number of fused-ring (bicyclic) bond motifs is 1. The molecule has 0 bridgehead atoms. The molecule has 11 nitrogen and oxygen atoms in total. The van der Waals surface area contributed by atoms with E-state index in [9.17, 15) is 14.4 Å². The van der Waals surface area contributed by atoms with Crippen LogP contribution in [0.1, 0.15) is 36.2 Å². The summed E-state index contributed by atoms with van der Waals surface area (Å²) >= 11 is 5.86. The first-order valence-electron chi connectivity index (χ1n) is 11.7. The van der Waals surface area contributed by atoms with Crippen molar-refractivity contribution in [2.45, 2.75) is 31.7 Å². The van der Waals surface area contributed by atoms with Crippen LogP contribution in [0.25, 0.3) is 11.1 Å². The highest BCUT2D eigenvalue weighted by atomic mass is 35.5. The number of pyridine rings is 2. The fourth-order valence-corrected chi connectivity index (χ4v) is 4.79. The van der Waals surface area contributed by atoms with Crippen LogP contribution in [-0.2, 0) is 14.3 Å². The smallest absolute Gasteiger partial charge is 0.294 e. The zero-order valence-electron chi connectivity index (χ0n) is 19.3. The zero-order chi connectivity index (χ0) is 25.2. The Balaban J connectivity index is 1.33. The van der Waals surface area contributed by atoms with Crippen LogP contribution in [0.4, 0.5) is 17.3 Å². The van der Waals surface area contributed by atoms with Crippen molar-refractivity contribution in [3.05, 3.63) is 41.2 Å². The summed E-state index contributed by atoms with van der Waals surface area (Å²) in [5, 5.41) is 5.92. The van der Waals surface area contributed by atoms with Gasteiger partial charge < -0.3 is 30.4 Å². The lowest BCUT2D eigenvalue weighted by atomic mass is 9.84. The summed E-state index contributed by atoms with van der Waals surface area (Å²) in [6, 6.07) is 6.39. The Hall–Kier alpha value is -3.70. The molecule has 0 radical (unpaired) electrons. The van der Waals surface area contributed by atoms with Gasteiger partial charge >= 0.3 is 0 Å². The number of carbonyl (C=O) groups is 3. The average molecular weight is 513 g/mol. The number of furan rings is 1. The van der Waals surface area contributed by atoms with E-state index >= 15 is 0 Å². The lowest BCUT2D eigenvalue weighted by Crippen LogP contribution is -2.49. The van der Waals surface area contributed by atoms with E-state index in [1.807, 2.05) is 4.90 Å². The Bertz CT molecular complexity index is 1300. The van der Waals surface area contributed by atoms with Crippen LogP contribution in [0.2, 0.25) is 5.02 Å². The van der Waals surface area contributed by atoms with E-state index < -0.39 is 5.91 Å². The van der Waals surface area contributed by atoms with Gasteiger partial charge in [0.05, 0.1) is 11.6 Å². The molecule has 4 heterocycles. The lowest BCUT2D eigenvalue weighted by molar-refractivity contribution is -0.146. The van der Waals surface area contributed by atoms with Crippen LogP contribution in [0.3, 0.4) is 0 Å². The minimum Gasteiger partial charge on any atom is -0.447 e. The number of morpholine rings is 1. The molecule has 0 spiro atoms. The van der Waals surface area contributed by atoms with Gasteiger partial charge in [0.1, 0.15) is 29.4 Å². The highest BCUT2D eigenvalue weighted by Crippen LogP contribution is 2.34.